The highest BCUT2D eigenvalue weighted by atomic mass is 19.2. The summed E-state index contributed by atoms with van der Waals surface area (Å²) < 4.78 is 26.8. The van der Waals surface area contributed by atoms with Gasteiger partial charge < -0.3 is 10.2 Å². The number of likely N-dealkylation sites (N-methyl/N-ethyl adjacent to an activating group) is 1. The average molecular weight is 296 g/mol. The maximum atomic E-state index is 13.6. The topological polar surface area (TPSA) is 32.3 Å². The summed E-state index contributed by atoms with van der Waals surface area (Å²) in [4.78, 5) is 13.9. The number of carbonyl (C=O) groups excluding carboxylic acids is 1. The highest BCUT2D eigenvalue weighted by Crippen LogP contribution is 2.23. The number of halogens is 2. The molecule has 0 heterocycles. The predicted octanol–water partition coefficient (Wildman–Crippen LogP) is 2.50. The van der Waals surface area contributed by atoms with Gasteiger partial charge in [0.15, 0.2) is 11.6 Å². The third-order valence-corrected chi connectivity index (χ3v) is 4.42. The van der Waals surface area contributed by atoms with Crippen LogP contribution in [0.25, 0.3) is 0 Å². The zero-order chi connectivity index (χ0) is 15.4. The zero-order valence-electron chi connectivity index (χ0n) is 12.5. The Bertz CT molecular complexity index is 499. The van der Waals surface area contributed by atoms with Crippen LogP contribution in [0.3, 0.4) is 0 Å². The first kappa shape index (κ1) is 15.9. The van der Waals surface area contributed by atoms with Crippen LogP contribution in [-0.4, -0.2) is 37.0 Å². The van der Waals surface area contributed by atoms with Crippen LogP contribution in [0.4, 0.5) is 8.78 Å². The first-order chi connectivity index (χ1) is 10.0. The van der Waals surface area contributed by atoms with E-state index in [2.05, 4.69) is 5.32 Å². The molecule has 1 N–H and O–H groups in total. The highest BCUT2D eigenvalue weighted by Gasteiger charge is 2.26. The number of amides is 1. The van der Waals surface area contributed by atoms with Gasteiger partial charge in [-0.3, -0.25) is 4.79 Å². The summed E-state index contributed by atoms with van der Waals surface area (Å²) in [5.41, 5.74) is 0.121. The quantitative estimate of drug-likeness (QED) is 0.926. The third-order valence-electron chi connectivity index (χ3n) is 4.42. The van der Waals surface area contributed by atoms with E-state index in [0.717, 1.165) is 31.7 Å². The van der Waals surface area contributed by atoms with Crippen LogP contribution < -0.4 is 5.32 Å². The Labute approximate surface area is 124 Å². The number of benzene rings is 1. The van der Waals surface area contributed by atoms with Crippen molar-refractivity contribution in [1.82, 2.24) is 10.2 Å². The largest absolute Gasteiger partial charge is 0.342 e. The van der Waals surface area contributed by atoms with E-state index >= 15 is 0 Å². The summed E-state index contributed by atoms with van der Waals surface area (Å²) in [7, 11) is 3.70. The second-order valence-electron chi connectivity index (χ2n) is 5.69. The molecule has 5 heteroatoms. The number of rotatable bonds is 4. The minimum Gasteiger partial charge on any atom is -0.342 e. The van der Waals surface area contributed by atoms with Crippen LogP contribution in [0.2, 0.25) is 0 Å². The average Bonchev–Trinajstić information content (AvgIpc) is 2.51. The molecule has 3 nitrogen and oxygen atoms in total. The van der Waals surface area contributed by atoms with Gasteiger partial charge in [0, 0.05) is 24.7 Å². The summed E-state index contributed by atoms with van der Waals surface area (Å²) in [5, 5.41) is 3.25. The molecule has 1 aromatic rings. The van der Waals surface area contributed by atoms with Gasteiger partial charge in [-0.1, -0.05) is 12.1 Å². The standard InChI is InChI=1S/C16H22F2N2O/c1-19-12-6-8-13(9-7-12)20(2)15(21)10-11-4-3-5-14(17)16(11)18/h3-5,12-13,19H,6-10H2,1-2H3. The summed E-state index contributed by atoms with van der Waals surface area (Å²) in [5.74, 6) is -1.98. The van der Waals surface area contributed by atoms with Crippen molar-refractivity contribution in [2.24, 2.45) is 0 Å². The molecule has 0 unspecified atom stereocenters. The third kappa shape index (κ3) is 3.79. The maximum absolute atomic E-state index is 13.6. The first-order valence-corrected chi connectivity index (χ1v) is 7.38. The Morgan fingerprint density at radius 1 is 1.29 bits per heavy atom. The molecule has 1 aliphatic carbocycles. The highest BCUT2D eigenvalue weighted by molar-refractivity contribution is 5.78. The predicted molar refractivity (Wildman–Crippen MR) is 77.9 cm³/mol. The summed E-state index contributed by atoms with van der Waals surface area (Å²) in [6.45, 7) is 0. The molecule has 116 valence electrons. The van der Waals surface area contributed by atoms with E-state index in [1.165, 1.54) is 12.1 Å². The summed E-state index contributed by atoms with van der Waals surface area (Å²) in [6, 6.07) is 4.66. The fraction of sp³-hybridized carbons (Fsp3) is 0.562. The minimum absolute atomic E-state index is 0.0912. The number of hydrogen-bond donors (Lipinski definition) is 1. The number of carbonyl (C=O) groups is 1. The molecule has 0 aromatic heterocycles. The van der Waals surface area contributed by atoms with Crippen LogP contribution in [-0.2, 0) is 11.2 Å². The van der Waals surface area contributed by atoms with Crippen molar-refractivity contribution >= 4 is 5.91 Å². The molecule has 0 saturated heterocycles. The summed E-state index contributed by atoms with van der Waals surface area (Å²) >= 11 is 0. The van der Waals surface area contributed by atoms with Crippen molar-refractivity contribution in [3.8, 4) is 0 Å². The molecule has 0 spiro atoms. The van der Waals surface area contributed by atoms with Crippen molar-refractivity contribution in [3.05, 3.63) is 35.4 Å². The van der Waals surface area contributed by atoms with Crippen LogP contribution in [0.15, 0.2) is 18.2 Å². The number of hydrogen-bond acceptors (Lipinski definition) is 2. The molecule has 0 atom stereocenters. The fourth-order valence-corrected chi connectivity index (χ4v) is 2.93. The second-order valence-corrected chi connectivity index (χ2v) is 5.69. The SMILES string of the molecule is CNC1CCC(N(C)C(=O)Cc2cccc(F)c2F)CC1. The monoisotopic (exact) mass is 296 g/mol. The van der Waals surface area contributed by atoms with Gasteiger partial charge in [-0.2, -0.15) is 0 Å². The van der Waals surface area contributed by atoms with Gasteiger partial charge in [0.05, 0.1) is 6.42 Å². The van der Waals surface area contributed by atoms with Gasteiger partial charge in [-0.15, -0.1) is 0 Å². The minimum atomic E-state index is -0.918. The Morgan fingerprint density at radius 2 is 1.95 bits per heavy atom. The van der Waals surface area contributed by atoms with Gasteiger partial charge in [0.1, 0.15) is 0 Å². The molecular formula is C16H22F2N2O. The van der Waals surface area contributed by atoms with E-state index in [1.807, 2.05) is 7.05 Å². The van der Waals surface area contributed by atoms with Gasteiger partial charge in [-0.25, -0.2) is 8.78 Å². The van der Waals surface area contributed by atoms with Gasteiger partial charge in [0.25, 0.3) is 0 Å². The van der Waals surface area contributed by atoms with E-state index in [1.54, 1.807) is 11.9 Å². The molecule has 0 radical (unpaired) electrons. The Kier molecular flexibility index (Phi) is 5.28. The fourth-order valence-electron chi connectivity index (χ4n) is 2.93. The molecular weight excluding hydrogens is 274 g/mol. The Balaban J connectivity index is 1.95. The first-order valence-electron chi connectivity index (χ1n) is 7.38. The molecule has 1 saturated carbocycles. The van der Waals surface area contributed by atoms with Crippen LogP contribution >= 0.6 is 0 Å². The van der Waals surface area contributed by atoms with E-state index in [0.29, 0.717) is 6.04 Å². The van der Waals surface area contributed by atoms with E-state index < -0.39 is 11.6 Å². The molecule has 1 aliphatic rings. The lowest BCUT2D eigenvalue weighted by atomic mass is 9.90. The molecule has 2 rings (SSSR count). The molecule has 0 aliphatic heterocycles. The molecule has 1 fully saturated rings. The second kappa shape index (κ2) is 6.98. The Hall–Kier alpha value is -1.49. The maximum Gasteiger partial charge on any atom is 0.227 e. The lowest BCUT2D eigenvalue weighted by Crippen LogP contribution is -2.43. The van der Waals surface area contributed by atoms with Gasteiger partial charge in [-0.05, 0) is 38.8 Å². The smallest absolute Gasteiger partial charge is 0.227 e. The normalized spacial score (nSPS) is 22.1. The van der Waals surface area contributed by atoms with Crippen LogP contribution in [0.5, 0.6) is 0 Å². The van der Waals surface area contributed by atoms with E-state index in [-0.39, 0.29) is 23.9 Å². The molecule has 0 bridgehead atoms. The lowest BCUT2D eigenvalue weighted by Gasteiger charge is -2.34. The van der Waals surface area contributed by atoms with Crippen molar-refractivity contribution in [2.75, 3.05) is 14.1 Å². The molecule has 21 heavy (non-hydrogen) atoms. The van der Waals surface area contributed by atoms with Crippen molar-refractivity contribution < 1.29 is 13.6 Å². The van der Waals surface area contributed by atoms with Gasteiger partial charge >= 0.3 is 0 Å². The van der Waals surface area contributed by atoms with Crippen LogP contribution in [0.1, 0.15) is 31.2 Å². The molecule has 1 aromatic carbocycles. The zero-order valence-corrected chi connectivity index (χ0v) is 12.5. The van der Waals surface area contributed by atoms with Crippen molar-refractivity contribution in [1.29, 1.82) is 0 Å². The number of nitrogens with zero attached hydrogens (tertiary/aromatic N) is 1. The van der Waals surface area contributed by atoms with Crippen LogP contribution in [0, 0.1) is 11.6 Å². The lowest BCUT2D eigenvalue weighted by molar-refractivity contribution is -0.131. The Morgan fingerprint density at radius 3 is 2.57 bits per heavy atom. The van der Waals surface area contributed by atoms with E-state index in [9.17, 15) is 13.6 Å². The van der Waals surface area contributed by atoms with Gasteiger partial charge in [0.2, 0.25) is 5.91 Å². The molecule has 1 amide bonds. The van der Waals surface area contributed by atoms with Crippen molar-refractivity contribution in [3.63, 3.8) is 0 Å². The summed E-state index contributed by atoms with van der Waals surface area (Å²) in [6.07, 6.45) is 3.87. The van der Waals surface area contributed by atoms with Crippen molar-refractivity contribution in [2.45, 2.75) is 44.2 Å². The van der Waals surface area contributed by atoms with E-state index in [4.69, 9.17) is 0 Å². The number of nitrogens with one attached hydrogen (secondary N) is 1.